The molecule has 8 heteroatoms. The maximum Gasteiger partial charge on any atom is 0.305 e. The molecule has 4 heterocycles. The molecule has 31 heavy (non-hydrogen) atoms. The Morgan fingerprint density at radius 1 is 0.935 bits per heavy atom. The van der Waals surface area contributed by atoms with E-state index in [1.165, 1.54) is 21.1 Å². The molecule has 3 aromatic rings. The Balaban J connectivity index is 1.34. The van der Waals surface area contributed by atoms with E-state index in [-0.39, 0.29) is 57.4 Å². The molecule has 0 radical (unpaired) electrons. The first kappa shape index (κ1) is 18.4. The predicted octanol–water partition coefficient (Wildman–Crippen LogP) is 4.18. The quantitative estimate of drug-likeness (QED) is 0.576. The van der Waals surface area contributed by atoms with E-state index >= 15 is 0 Å². The summed E-state index contributed by atoms with van der Waals surface area (Å²) in [7, 11) is 0. The van der Waals surface area contributed by atoms with Crippen molar-refractivity contribution in [1.29, 1.82) is 0 Å². The summed E-state index contributed by atoms with van der Waals surface area (Å²) in [4.78, 5) is 46.1. The van der Waals surface area contributed by atoms with Crippen LogP contribution >= 0.6 is 34.4 Å². The number of rotatable bonds is 2. The minimum absolute atomic E-state index is 0.0195. The highest BCUT2D eigenvalue weighted by Gasteiger charge is 2.69. The van der Waals surface area contributed by atoms with Crippen LogP contribution in [-0.4, -0.2) is 22.0 Å². The van der Waals surface area contributed by atoms with Gasteiger partial charge in [-0.3, -0.25) is 19.3 Å². The number of fused-ring (bicyclic) bond motifs is 9. The lowest BCUT2D eigenvalue weighted by Gasteiger charge is -2.42. The van der Waals surface area contributed by atoms with Crippen molar-refractivity contribution >= 4 is 51.9 Å². The molecule has 1 aromatic carbocycles. The van der Waals surface area contributed by atoms with Crippen LogP contribution in [0.15, 0.2) is 57.7 Å². The molecule has 4 aliphatic rings. The van der Waals surface area contributed by atoms with Gasteiger partial charge in [-0.15, -0.1) is 23.1 Å². The van der Waals surface area contributed by atoms with Gasteiger partial charge in [0, 0.05) is 20.9 Å². The summed E-state index contributed by atoms with van der Waals surface area (Å²) >= 11 is 4.77. The lowest BCUT2D eigenvalue weighted by atomic mass is 9.69. The molecule has 2 aliphatic heterocycles. The van der Waals surface area contributed by atoms with Gasteiger partial charge in [0.15, 0.2) is 0 Å². The normalized spacial score (nSPS) is 35.4. The molecule has 2 aliphatic carbocycles. The third-order valence-corrected chi connectivity index (χ3v) is 11.1. The van der Waals surface area contributed by atoms with E-state index in [4.69, 9.17) is 0 Å². The fourth-order valence-electron chi connectivity index (χ4n) is 6.64. The molecule has 7 atom stereocenters. The molecule has 2 saturated carbocycles. The molecule has 0 spiro atoms. The van der Waals surface area contributed by atoms with E-state index in [0.717, 1.165) is 16.3 Å². The number of para-hydroxylation sites is 1. The Bertz CT molecular complexity index is 1260. The zero-order valence-electron chi connectivity index (χ0n) is 16.3. The van der Waals surface area contributed by atoms with Gasteiger partial charge in [0.1, 0.15) is 0 Å². The van der Waals surface area contributed by atoms with Gasteiger partial charge in [-0.1, -0.05) is 35.6 Å². The van der Waals surface area contributed by atoms with Crippen LogP contribution in [0.2, 0.25) is 0 Å². The highest BCUT2D eigenvalue weighted by atomic mass is 32.2. The van der Waals surface area contributed by atoms with Crippen LogP contribution in [0.25, 0.3) is 0 Å². The predicted molar refractivity (Wildman–Crippen MR) is 122 cm³/mol. The van der Waals surface area contributed by atoms with Gasteiger partial charge < -0.3 is 4.98 Å². The molecular formula is C23H18N2O3S3. The van der Waals surface area contributed by atoms with E-state index in [1.807, 2.05) is 30.3 Å². The second kappa shape index (κ2) is 6.43. The van der Waals surface area contributed by atoms with E-state index in [9.17, 15) is 14.4 Å². The Hall–Kier alpha value is -2.16. The zero-order chi connectivity index (χ0) is 20.9. The number of thiazole rings is 1. The largest absolute Gasteiger partial charge is 0.307 e. The number of thioether (sulfide) groups is 1. The molecule has 7 rings (SSSR count). The number of H-pyrrole nitrogens is 1. The highest BCUT2D eigenvalue weighted by Crippen LogP contribution is 2.68. The summed E-state index contributed by atoms with van der Waals surface area (Å²) in [5.41, 5.74) is 0.681. The number of benzene rings is 1. The van der Waals surface area contributed by atoms with Crippen LogP contribution in [0.3, 0.4) is 0 Å². The summed E-state index contributed by atoms with van der Waals surface area (Å²) in [6, 6.07) is 13.5. The van der Waals surface area contributed by atoms with Crippen molar-refractivity contribution < 1.29 is 9.59 Å². The summed E-state index contributed by atoms with van der Waals surface area (Å²) in [5.74, 6) is 0.224. The van der Waals surface area contributed by atoms with Crippen LogP contribution in [-0.2, 0) is 9.59 Å². The van der Waals surface area contributed by atoms with Gasteiger partial charge in [0.2, 0.25) is 11.8 Å². The standard InChI is InChI=1S/C23H18N2O3S3/c26-21-15-11-9-12(16(15)22(27)25(21)10-5-2-1-3-6-10)18-14(11)17(13-7-4-8-29-13)19-20(30-18)24-23(28)31-19/h1-8,11-12,14-18H,9H2,(H,24,28)/t11-,12-,14+,15-,16+,17+,18-/m0/s1. The van der Waals surface area contributed by atoms with Crippen molar-refractivity contribution in [2.24, 2.45) is 29.6 Å². The summed E-state index contributed by atoms with van der Waals surface area (Å²) < 4.78 is 0. The third-order valence-electron chi connectivity index (χ3n) is 7.59. The van der Waals surface area contributed by atoms with Crippen LogP contribution in [0, 0.1) is 29.6 Å². The molecule has 2 amide bonds. The van der Waals surface area contributed by atoms with Gasteiger partial charge >= 0.3 is 4.87 Å². The Morgan fingerprint density at radius 2 is 1.71 bits per heavy atom. The topological polar surface area (TPSA) is 70.2 Å². The number of aromatic amines is 1. The van der Waals surface area contributed by atoms with Crippen molar-refractivity contribution in [1.82, 2.24) is 4.98 Å². The first-order valence-corrected chi connectivity index (χ1v) is 13.1. The minimum atomic E-state index is -0.237. The molecule has 2 aromatic heterocycles. The summed E-state index contributed by atoms with van der Waals surface area (Å²) in [5, 5.41) is 3.30. The molecule has 156 valence electrons. The van der Waals surface area contributed by atoms with Crippen molar-refractivity contribution in [3.8, 4) is 0 Å². The smallest absolute Gasteiger partial charge is 0.305 e. The number of carbonyl (C=O) groups is 2. The monoisotopic (exact) mass is 466 g/mol. The Kier molecular flexibility index (Phi) is 3.82. The lowest BCUT2D eigenvalue weighted by Crippen LogP contribution is -2.42. The average molecular weight is 467 g/mol. The fourth-order valence-corrected chi connectivity index (χ4v) is 10.5. The number of aromatic nitrogens is 1. The van der Waals surface area contributed by atoms with Crippen molar-refractivity contribution in [3.05, 3.63) is 67.3 Å². The Morgan fingerprint density at radius 3 is 2.45 bits per heavy atom. The molecule has 0 unspecified atom stereocenters. The third kappa shape index (κ3) is 2.36. The van der Waals surface area contributed by atoms with Crippen LogP contribution in [0.4, 0.5) is 5.69 Å². The van der Waals surface area contributed by atoms with Crippen LogP contribution < -0.4 is 9.77 Å². The van der Waals surface area contributed by atoms with Gasteiger partial charge in [-0.05, 0) is 47.8 Å². The van der Waals surface area contributed by atoms with Crippen LogP contribution in [0.5, 0.6) is 0 Å². The second-order valence-corrected chi connectivity index (χ2v) is 12.0. The molecule has 5 nitrogen and oxygen atoms in total. The van der Waals surface area contributed by atoms with Crippen molar-refractivity contribution in [3.63, 3.8) is 0 Å². The maximum atomic E-state index is 13.6. The summed E-state index contributed by atoms with van der Waals surface area (Å²) in [6.45, 7) is 0. The number of imide groups is 1. The van der Waals surface area contributed by atoms with Gasteiger partial charge in [-0.25, -0.2) is 0 Å². The number of amides is 2. The molecule has 2 bridgehead atoms. The Labute approximate surface area is 190 Å². The molecule has 1 N–H and O–H groups in total. The number of nitrogens with zero attached hydrogens (tertiary/aromatic N) is 1. The minimum Gasteiger partial charge on any atom is -0.307 e. The van der Waals surface area contributed by atoms with Crippen LogP contribution in [0.1, 0.15) is 22.1 Å². The number of thiophene rings is 1. The number of carbonyl (C=O) groups excluding carboxylic acids is 2. The lowest BCUT2D eigenvalue weighted by molar-refractivity contribution is -0.123. The van der Waals surface area contributed by atoms with Crippen molar-refractivity contribution in [2.75, 3.05) is 4.90 Å². The van der Waals surface area contributed by atoms with E-state index in [2.05, 4.69) is 22.5 Å². The summed E-state index contributed by atoms with van der Waals surface area (Å²) in [6.07, 6.45) is 0.929. The van der Waals surface area contributed by atoms with Crippen molar-refractivity contribution in [2.45, 2.75) is 22.6 Å². The van der Waals surface area contributed by atoms with Gasteiger partial charge in [0.25, 0.3) is 0 Å². The number of anilines is 1. The first-order valence-electron chi connectivity index (χ1n) is 10.5. The van der Waals surface area contributed by atoms with E-state index in [0.29, 0.717) is 5.69 Å². The van der Waals surface area contributed by atoms with E-state index in [1.54, 1.807) is 23.1 Å². The number of hydrogen-bond acceptors (Lipinski definition) is 6. The van der Waals surface area contributed by atoms with Gasteiger partial charge in [-0.2, -0.15) is 0 Å². The fraction of sp³-hybridized carbons (Fsp3) is 0.348. The second-order valence-electron chi connectivity index (χ2n) is 8.82. The molecule has 3 fully saturated rings. The van der Waals surface area contributed by atoms with Gasteiger partial charge in [0.05, 0.1) is 22.5 Å². The van der Waals surface area contributed by atoms with E-state index < -0.39 is 0 Å². The molecule has 1 saturated heterocycles. The number of nitrogens with one attached hydrogen (secondary N) is 1. The SMILES string of the molecule is O=C1[C@@H]2[C@@H]3C[C@H]([C@@H]2C(=O)N1c1ccccc1)[C@@H]1[C@@H](c2cccs2)c2sc(=O)[nH]c2S[C@@H]31. The number of hydrogen-bond donors (Lipinski definition) is 1. The molecular weight excluding hydrogens is 448 g/mol. The average Bonchev–Trinajstić information content (AvgIpc) is 3.56. The maximum absolute atomic E-state index is 13.6. The zero-order valence-corrected chi connectivity index (χ0v) is 18.7. The highest BCUT2D eigenvalue weighted by molar-refractivity contribution is 8.00. The first-order chi connectivity index (χ1) is 15.1.